The van der Waals surface area contributed by atoms with E-state index in [2.05, 4.69) is 37.9 Å². The maximum atomic E-state index is 12.3. The van der Waals surface area contributed by atoms with E-state index in [1.54, 1.807) is 6.20 Å². The lowest BCUT2D eigenvalue weighted by Gasteiger charge is -2.21. The lowest BCUT2D eigenvalue weighted by molar-refractivity contribution is 0.0756. The summed E-state index contributed by atoms with van der Waals surface area (Å²) in [7, 11) is 0. The Morgan fingerprint density at radius 3 is 2.76 bits per heavy atom. The van der Waals surface area contributed by atoms with Gasteiger partial charge in [0.1, 0.15) is 0 Å². The third kappa shape index (κ3) is 3.65. The molecule has 0 atom stereocenters. The first-order chi connectivity index (χ1) is 10.3. The van der Waals surface area contributed by atoms with Gasteiger partial charge in [0, 0.05) is 32.7 Å². The van der Waals surface area contributed by atoms with E-state index in [1.165, 1.54) is 5.56 Å². The molecule has 2 aromatic rings. The lowest BCUT2D eigenvalue weighted by Crippen LogP contribution is -2.35. The summed E-state index contributed by atoms with van der Waals surface area (Å²) < 4.78 is 7.94. The zero-order chi connectivity index (χ0) is 14.5. The number of aromatic nitrogens is 2. The van der Waals surface area contributed by atoms with E-state index < -0.39 is 0 Å². The summed E-state index contributed by atoms with van der Waals surface area (Å²) in [4.78, 5) is 16.6. The highest BCUT2D eigenvalue weighted by Gasteiger charge is 2.21. The minimum absolute atomic E-state index is 0.00492. The second kappa shape index (κ2) is 6.78. The summed E-state index contributed by atoms with van der Waals surface area (Å²) in [6, 6.07) is 10.5. The highest BCUT2D eigenvalue weighted by atomic mass is 32.1. The quantitative estimate of drug-likeness (QED) is 0.869. The van der Waals surface area contributed by atoms with Gasteiger partial charge >= 0.3 is 0 Å². The maximum Gasteiger partial charge on any atom is 0.275 e. The van der Waals surface area contributed by atoms with Crippen LogP contribution in [0, 0.1) is 0 Å². The van der Waals surface area contributed by atoms with Crippen LogP contribution in [0.1, 0.15) is 22.5 Å². The van der Waals surface area contributed by atoms with Gasteiger partial charge in [0.05, 0.1) is 17.9 Å². The van der Waals surface area contributed by atoms with Crippen molar-refractivity contribution in [1.29, 1.82) is 0 Å². The molecule has 0 bridgehead atoms. The van der Waals surface area contributed by atoms with Gasteiger partial charge < -0.3 is 4.90 Å². The first kappa shape index (κ1) is 14.2. The summed E-state index contributed by atoms with van der Waals surface area (Å²) in [5.74, 6) is 0.00492. The molecule has 1 aliphatic rings. The van der Waals surface area contributed by atoms with Crippen LogP contribution in [0.25, 0.3) is 0 Å². The fourth-order valence-corrected chi connectivity index (χ4v) is 3.00. The third-order valence-electron chi connectivity index (χ3n) is 3.71. The molecular formula is C15H18N4OS. The minimum Gasteiger partial charge on any atom is -0.336 e. The number of amides is 1. The summed E-state index contributed by atoms with van der Waals surface area (Å²) in [6.45, 7) is 4.41. The molecule has 0 spiro atoms. The lowest BCUT2D eigenvalue weighted by atomic mass is 10.2. The Labute approximate surface area is 128 Å². The van der Waals surface area contributed by atoms with E-state index in [-0.39, 0.29) is 5.91 Å². The maximum absolute atomic E-state index is 12.3. The molecule has 1 amide bonds. The van der Waals surface area contributed by atoms with Gasteiger partial charge in [-0.05, 0) is 12.0 Å². The van der Waals surface area contributed by atoms with Crippen molar-refractivity contribution >= 4 is 17.6 Å². The highest BCUT2D eigenvalue weighted by molar-refractivity contribution is 6.99. The standard InChI is InChI=1S/C15H18N4OS/c20-15(14-11-16-21-17-14)19-8-4-7-18(9-10-19)12-13-5-2-1-3-6-13/h1-3,5-6,11H,4,7-10,12H2. The van der Waals surface area contributed by atoms with Gasteiger partial charge in [-0.15, -0.1) is 0 Å². The molecule has 0 saturated carbocycles. The molecule has 1 aromatic heterocycles. The van der Waals surface area contributed by atoms with Gasteiger partial charge in [-0.2, -0.15) is 8.75 Å². The monoisotopic (exact) mass is 302 g/mol. The van der Waals surface area contributed by atoms with Gasteiger partial charge in [-0.1, -0.05) is 30.3 Å². The van der Waals surface area contributed by atoms with Gasteiger partial charge in [0.2, 0.25) is 0 Å². The molecule has 0 unspecified atom stereocenters. The molecule has 110 valence electrons. The molecule has 0 radical (unpaired) electrons. The van der Waals surface area contributed by atoms with Crippen LogP contribution in [-0.4, -0.2) is 50.6 Å². The van der Waals surface area contributed by atoms with Gasteiger partial charge in [-0.3, -0.25) is 9.69 Å². The zero-order valence-electron chi connectivity index (χ0n) is 11.8. The molecular weight excluding hydrogens is 284 g/mol. The van der Waals surface area contributed by atoms with Crippen LogP contribution in [0.15, 0.2) is 36.5 Å². The average molecular weight is 302 g/mol. The number of benzene rings is 1. The van der Waals surface area contributed by atoms with Gasteiger partial charge in [0.15, 0.2) is 5.69 Å². The molecule has 1 saturated heterocycles. The Morgan fingerprint density at radius 2 is 2.00 bits per heavy atom. The SMILES string of the molecule is O=C(c1cnsn1)N1CCCN(Cc2ccccc2)CC1. The van der Waals surface area contributed by atoms with E-state index in [4.69, 9.17) is 0 Å². The number of nitrogens with zero attached hydrogens (tertiary/aromatic N) is 4. The Balaban J connectivity index is 1.58. The van der Waals surface area contributed by atoms with E-state index >= 15 is 0 Å². The second-order valence-electron chi connectivity index (χ2n) is 5.20. The van der Waals surface area contributed by atoms with Crippen LogP contribution in [0.2, 0.25) is 0 Å². The Bertz CT molecular complexity index is 573. The van der Waals surface area contributed by atoms with Crippen molar-refractivity contribution < 1.29 is 4.79 Å². The molecule has 1 aromatic carbocycles. The third-order valence-corrected chi connectivity index (χ3v) is 4.18. The molecule has 1 aliphatic heterocycles. The van der Waals surface area contributed by atoms with Crippen LogP contribution in [0.3, 0.4) is 0 Å². The normalized spacial score (nSPS) is 16.7. The fraction of sp³-hybridized carbons (Fsp3) is 0.400. The Hall–Kier alpha value is -1.79. The summed E-state index contributed by atoms with van der Waals surface area (Å²) >= 11 is 1.08. The first-order valence-electron chi connectivity index (χ1n) is 7.16. The molecule has 0 N–H and O–H groups in total. The van der Waals surface area contributed by atoms with Crippen LogP contribution < -0.4 is 0 Å². The second-order valence-corrected chi connectivity index (χ2v) is 5.76. The predicted molar refractivity (Wildman–Crippen MR) is 82.1 cm³/mol. The number of hydrogen-bond acceptors (Lipinski definition) is 5. The van der Waals surface area contributed by atoms with E-state index in [9.17, 15) is 4.79 Å². The molecule has 6 heteroatoms. The van der Waals surface area contributed by atoms with E-state index in [0.717, 1.165) is 50.9 Å². The van der Waals surface area contributed by atoms with E-state index in [1.807, 2.05) is 11.0 Å². The van der Waals surface area contributed by atoms with Crippen molar-refractivity contribution in [2.75, 3.05) is 26.2 Å². The molecule has 1 fully saturated rings. The van der Waals surface area contributed by atoms with Crippen molar-refractivity contribution in [2.45, 2.75) is 13.0 Å². The summed E-state index contributed by atoms with van der Waals surface area (Å²) in [5.41, 5.74) is 1.79. The van der Waals surface area contributed by atoms with Crippen LogP contribution in [-0.2, 0) is 6.54 Å². The number of hydrogen-bond donors (Lipinski definition) is 0. The number of carbonyl (C=O) groups excluding carboxylic acids is 1. The van der Waals surface area contributed by atoms with Crippen LogP contribution >= 0.6 is 11.7 Å². The van der Waals surface area contributed by atoms with Crippen LogP contribution in [0.4, 0.5) is 0 Å². The van der Waals surface area contributed by atoms with E-state index in [0.29, 0.717) is 5.69 Å². The largest absolute Gasteiger partial charge is 0.336 e. The fourth-order valence-electron chi connectivity index (χ4n) is 2.59. The summed E-state index contributed by atoms with van der Waals surface area (Å²) in [5, 5.41) is 0. The predicted octanol–water partition coefficient (Wildman–Crippen LogP) is 1.89. The molecule has 5 nitrogen and oxygen atoms in total. The molecule has 21 heavy (non-hydrogen) atoms. The molecule has 0 aliphatic carbocycles. The molecule has 3 rings (SSSR count). The Morgan fingerprint density at radius 1 is 1.14 bits per heavy atom. The minimum atomic E-state index is 0.00492. The number of carbonyl (C=O) groups is 1. The first-order valence-corrected chi connectivity index (χ1v) is 7.89. The van der Waals surface area contributed by atoms with Crippen molar-refractivity contribution in [1.82, 2.24) is 18.5 Å². The average Bonchev–Trinajstić information content (AvgIpc) is 2.95. The summed E-state index contributed by atoms with van der Waals surface area (Å²) in [6.07, 6.45) is 2.55. The van der Waals surface area contributed by atoms with Gasteiger partial charge in [0.25, 0.3) is 5.91 Å². The van der Waals surface area contributed by atoms with Crippen LogP contribution in [0.5, 0.6) is 0 Å². The smallest absolute Gasteiger partial charge is 0.275 e. The zero-order valence-corrected chi connectivity index (χ0v) is 12.6. The van der Waals surface area contributed by atoms with Crippen molar-refractivity contribution in [3.8, 4) is 0 Å². The topological polar surface area (TPSA) is 49.3 Å². The van der Waals surface area contributed by atoms with Gasteiger partial charge in [-0.25, -0.2) is 0 Å². The van der Waals surface area contributed by atoms with Crippen molar-refractivity contribution in [3.63, 3.8) is 0 Å². The highest BCUT2D eigenvalue weighted by Crippen LogP contribution is 2.11. The van der Waals surface area contributed by atoms with Crippen molar-refractivity contribution in [2.24, 2.45) is 0 Å². The van der Waals surface area contributed by atoms with Crippen molar-refractivity contribution in [3.05, 3.63) is 47.8 Å². The number of rotatable bonds is 3. The Kier molecular flexibility index (Phi) is 4.57. The molecule has 2 heterocycles.